The Labute approximate surface area is 121 Å². The van der Waals surface area contributed by atoms with Crippen LogP contribution in [0.5, 0.6) is 0 Å². The van der Waals surface area contributed by atoms with Crippen LogP contribution in [0.2, 0.25) is 0 Å². The summed E-state index contributed by atoms with van der Waals surface area (Å²) in [6.45, 7) is 3.73. The predicted molar refractivity (Wildman–Crippen MR) is 67.7 cm³/mol. The van der Waals surface area contributed by atoms with Gasteiger partial charge in [0.15, 0.2) is 11.9 Å². The van der Waals surface area contributed by atoms with Gasteiger partial charge in [0.25, 0.3) is 0 Å². The van der Waals surface area contributed by atoms with Gasteiger partial charge in [-0.2, -0.15) is 0 Å². The molecule has 6 nitrogen and oxygen atoms in total. The number of fused-ring (bicyclic) bond motifs is 2. The molecular formula is C15H16O6. The van der Waals surface area contributed by atoms with Gasteiger partial charge in [-0.05, 0) is 18.1 Å². The van der Waals surface area contributed by atoms with E-state index in [0.717, 1.165) is 0 Å². The number of aliphatic hydroxyl groups is 1. The minimum atomic E-state index is -1.40. The normalized spacial score (nSPS) is 51.0. The van der Waals surface area contributed by atoms with Crippen LogP contribution in [0.4, 0.5) is 0 Å². The Morgan fingerprint density at radius 2 is 2.00 bits per heavy atom. The molecule has 6 heteroatoms. The molecule has 3 fully saturated rings. The first-order chi connectivity index (χ1) is 9.85. The van der Waals surface area contributed by atoms with Crippen LogP contribution in [0, 0.1) is 22.7 Å². The van der Waals surface area contributed by atoms with Crippen LogP contribution in [0.15, 0.2) is 11.6 Å². The first-order valence-corrected chi connectivity index (χ1v) is 7.18. The van der Waals surface area contributed by atoms with Crippen LogP contribution >= 0.6 is 0 Å². The fraction of sp³-hybridized carbons (Fsp3) is 0.667. The Kier molecular flexibility index (Phi) is 2.20. The minimum Gasteiger partial charge on any atom is -0.463 e. The van der Waals surface area contributed by atoms with Gasteiger partial charge in [0, 0.05) is 17.3 Å². The van der Waals surface area contributed by atoms with E-state index < -0.39 is 34.9 Å². The lowest BCUT2D eigenvalue weighted by atomic mass is 9.48. The maximum atomic E-state index is 12.2. The van der Waals surface area contributed by atoms with Crippen LogP contribution in [0.1, 0.15) is 20.3 Å². The van der Waals surface area contributed by atoms with Crippen molar-refractivity contribution < 1.29 is 29.0 Å². The summed E-state index contributed by atoms with van der Waals surface area (Å²) in [5, 5.41) is 10.4. The summed E-state index contributed by atoms with van der Waals surface area (Å²) in [5.74, 6) is -2.02. The van der Waals surface area contributed by atoms with Gasteiger partial charge in [-0.3, -0.25) is 9.59 Å². The largest absolute Gasteiger partial charge is 0.463 e. The third-order valence-electron chi connectivity index (χ3n) is 6.12. The van der Waals surface area contributed by atoms with Crippen molar-refractivity contribution in [3.05, 3.63) is 11.6 Å². The highest BCUT2D eigenvalue weighted by atomic mass is 16.6. The molecule has 21 heavy (non-hydrogen) atoms. The summed E-state index contributed by atoms with van der Waals surface area (Å²) in [5.41, 5.74) is -1.36. The van der Waals surface area contributed by atoms with E-state index in [2.05, 4.69) is 0 Å². The van der Waals surface area contributed by atoms with E-state index in [9.17, 15) is 19.5 Å². The number of allylic oxidation sites excluding steroid dienone is 1. The van der Waals surface area contributed by atoms with E-state index in [1.54, 1.807) is 6.92 Å². The second kappa shape index (κ2) is 3.55. The number of aliphatic hydroxyl groups excluding tert-OH is 1. The van der Waals surface area contributed by atoms with Crippen molar-refractivity contribution >= 4 is 17.7 Å². The Hall–Kier alpha value is -1.69. The lowest BCUT2D eigenvalue weighted by molar-refractivity contribution is -0.229. The van der Waals surface area contributed by atoms with E-state index >= 15 is 0 Å². The Balaban J connectivity index is 1.97. The molecule has 1 N–H and O–H groups in total. The highest BCUT2D eigenvalue weighted by molar-refractivity contribution is 6.02. The minimum absolute atomic E-state index is 0.148. The number of esters is 2. The molecule has 4 aliphatic rings. The van der Waals surface area contributed by atoms with Crippen molar-refractivity contribution in [2.75, 3.05) is 6.61 Å². The van der Waals surface area contributed by atoms with E-state index in [4.69, 9.17) is 9.47 Å². The number of ketones is 1. The molecule has 0 aromatic rings. The lowest BCUT2D eigenvalue weighted by Crippen LogP contribution is -2.69. The predicted octanol–water partition coefficient (Wildman–Crippen LogP) is -0.0127. The van der Waals surface area contributed by atoms with Crippen molar-refractivity contribution in [3.8, 4) is 0 Å². The van der Waals surface area contributed by atoms with Crippen LogP contribution in [-0.4, -0.2) is 41.6 Å². The average Bonchev–Trinajstić information content (AvgIpc) is 2.69. The molecule has 6 atom stereocenters. The van der Waals surface area contributed by atoms with Gasteiger partial charge in [0.05, 0.1) is 0 Å². The number of hydrogen-bond acceptors (Lipinski definition) is 6. The zero-order chi connectivity index (χ0) is 15.2. The van der Waals surface area contributed by atoms with E-state index in [-0.39, 0.29) is 24.3 Å². The Bertz CT molecular complexity index is 622. The van der Waals surface area contributed by atoms with Gasteiger partial charge in [-0.1, -0.05) is 13.8 Å². The van der Waals surface area contributed by atoms with E-state index in [1.807, 2.05) is 6.92 Å². The third kappa shape index (κ3) is 1.14. The molecule has 0 radical (unpaired) electrons. The Morgan fingerprint density at radius 1 is 1.29 bits per heavy atom. The van der Waals surface area contributed by atoms with Crippen LogP contribution < -0.4 is 0 Å². The highest BCUT2D eigenvalue weighted by Gasteiger charge is 2.74. The van der Waals surface area contributed by atoms with Crippen molar-refractivity contribution in [1.82, 2.24) is 0 Å². The molecule has 0 amide bonds. The summed E-state index contributed by atoms with van der Waals surface area (Å²) in [7, 11) is 0. The number of cyclic esters (lactones) is 1. The molecule has 4 rings (SSSR count). The topological polar surface area (TPSA) is 89.9 Å². The number of carbonyl (C=O) groups is 3. The first-order valence-electron chi connectivity index (χ1n) is 7.18. The number of ether oxygens (including phenoxy) is 2. The number of hydrogen-bond donors (Lipinski definition) is 1. The van der Waals surface area contributed by atoms with Crippen molar-refractivity contribution in [3.63, 3.8) is 0 Å². The van der Waals surface area contributed by atoms with Crippen LogP contribution in [-0.2, 0) is 23.9 Å². The summed E-state index contributed by atoms with van der Waals surface area (Å²) >= 11 is 0. The smallest absolute Gasteiger partial charge is 0.336 e. The number of rotatable bonds is 0. The van der Waals surface area contributed by atoms with E-state index in [1.165, 1.54) is 6.08 Å². The number of carbonyl (C=O) groups excluding carboxylic acids is 3. The van der Waals surface area contributed by atoms with Gasteiger partial charge < -0.3 is 14.6 Å². The zero-order valence-corrected chi connectivity index (χ0v) is 11.8. The average molecular weight is 292 g/mol. The highest BCUT2D eigenvalue weighted by Crippen LogP contribution is 2.66. The first kappa shape index (κ1) is 13.0. The standard InChI is InChI=1S/C15H16O6/c1-6-8(16)3-10-14(6)4-9(21-12(18)11(14)17)7(2)15(10)5-20-13(15)19/h3,6-7,9,11,17H,4-5H2,1-2H3/t6-,7+,9+,11-,14+,15-/m0/s1. The fourth-order valence-electron chi connectivity index (χ4n) is 4.65. The maximum Gasteiger partial charge on any atom is 0.336 e. The molecule has 0 aromatic carbocycles. The van der Waals surface area contributed by atoms with Crippen LogP contribution in [0.3, 0.4) is 0 Å². The monoisotopic (exact) mass is 292 g/mol. The summed E-state index contributed by atoms with van der Waals surface area (Å²) in [6, 6.07) is 0. The van der Waals surface area contributed by atoms with Crippen LogP contribution in [0.25, 0.3) is 0 Å². The van der Waals surface area contributed by atoms with Crippen molar-refractivity contribution in [1.29, 1.82) is 0 Å². The summed E-state index contributed by atoms with van der Waals surface area (Å²) in [6.07, 6.45) is -0.0347. The SMILES string of the molecule is C[C@@H]1[C@H]2C[C@@]3(C(=CC(=O)[C@@H]3C)[C@]13COC3=O)[C@@H](O)C(=O)O2. The molecule has 0 aromatic heterocycles. The van der Waals surface area contributed by atoms with Gasteiger partial charge in [0.1, 0.15) is 18.1 Å². The van der Waals surface area contributed by atoms with Crippen molar-refractivity contribution in [2.45, 2.75) is 32.5 Å². The molecule has 2 bridgehead atoms. The molecule has 1 saturated carbocycles. The quantitative estimate of drug-likeness (QED) is 0.631. The second-order valence-corrected chi connectivity index (χ2v) is 6.64. The van der Waals surface area contributed by atoms with Gasteiger partial charge in [0.2, 0.25) is 0 Å². The second-order valence-electron chi connectivity index (χ2n) is 6.64. The molecule has 112 valence electrons. The van der Waals surface area contributed by atoms with Crippen molar-refractivity contribution in [2.24, 2.45) is 22.7 Å². The lowest BCUT2D eigenvalue weighted by Gasteiger charge is -2.60. The van der Waals surface area contributed by atoms with Gasteiger partial charge in [-0.15, -0.1) is 0 Å². The zero-order valence-electron chi connectivity index (χ0n) is 11.8. The maximum absolute atomic E-state index is 12.2. The summed E-state index contributed by atoms with van der Waals surface area (Å²) < 4.78 is 10.3. The van der Waals surface area contributed by atoms with Gasteiger partial charge in [-0.25, -0.2) is 4.79 Å². The molecule has 2 saturated heterocycles. The summed E-state index contributed by atoms with van der Waals surface area (Å²) in [4.78, 5) is 36.4. The molecule has 2 spiro atoms. The molecule has 2 aliphatic carbocycles. The van der Waals surface area contributed by atoms with Gasteiger partial charge >= 0.3 is 11.9 Å². The molecule has 0 unspecified atom stereocenters. The van der Waals surface area contributed by atoms with E-state index in [0.29, 0.717) is 12.0 Å². The molecule has 2 heterocycles. The molecular weight excluding hydrogens is 276 g/mol. The Morgan fingerprint density at radius 3 is 2.57 bits per heavy atom. The fourth-order valence-corrected chi connectivity index (χ4v) is 4.65. The third-order valence-corrected chi connectivity index (χ3v) is 6.12. The molecule has 2 aliphatic heterocycles.